The van der Waals surface area contributed by atoms with Crippen LogP contribution in [0.15, 0.2) is 30.3 Å². The summed E-state index contributed by atoms with van der Waals surface area (Å²) in [6.07, 6.45) is 1.93. The predicted octanol–water partition coefficient (Wildman–Crippen LogP) is 1.79. The molecule has 0 radical (unpaired) electrons. The molecule has 3 rings (SSSR count). The lowest BCUT2D eigenvalue weighted by Gasteiger charge is -2.37. The van der Waals surface area contributed by atoms with Crippen LogP contribution in [0, 0.1) is 5.92 Å². The third-order valence-corrected chi connectivity index (χ3v) is 4.97. The Morgan fingerprint density at radius 1 is 1.27 bits per heavy atom. The fraction of sp³-hybridized carbons (Fsp3) is 0.550. The van der Waals surface area contributed by atoms with Crippen LogP contribution < -0.4 is 5.32 Å². The molecule has 2 heterocycles. The van der Waals surface area contributed by atoms with E-state index in [2.05, 4.69) is 5.32 Å². The zero-order valence-electron chi connectivity index (χ0n) is 15.3. The van der Waals surface area contributed by atoms with Crippen LogP contribution in [0.4, 0.5) is 0 Å². The maximum Gasteiger partial charge on any atom is 0.251 e. The van der Waals surface area contributed by atoms with Crippen molar-refractivity contribution in [2.75, 3.05) is 13.2 Å². The lowest BCUT2D eigenvalue weighted by molar-refractivity contribution is -0.142. The molecule has 26 heavy (non-hydrogen) atoms. The maximum atomic E-state index is 13.2. The smallest absolute Gasteiger partial charge is 0.251 e. The van der Waals surface area contributed by atoms with Crippen molar-refractivity contribution in [2.24, 2.45) is 5.92 Å². The van der Waals surface area contributed by atoms with Crippen molar-refractivity contribution in [1.29, 1.82) is 0 Å². The Balaban J connectivity index is 1.77. The van der Waals surface area contributed by atoms with E-state index in [0.717, 1.165) is 12.8 Å². The summed E-state index contributed by atoms with van der Waals surface area (Å²) >= 11 is 0. The van der Waals surface area contributed by atoms with Crippen LogP contribution in [-0.2, 0) is 14.3 Å². The van der Waals surface area contributed by atoms with Crippen LogP contribution in [0.1, 0.15) is 43.5 Å². The fourth-order valence-electron chi connectivity index (χ4n) is 3.76. The minimum Gasteiger partial charge on any atom is -0.368 e. The third kappa shape index (κ3) is 3.96. The standard InChI is InChI=1S/C20H26N2O4/c1-13(2)11-15(21-19(24)14-7-4-3-5-8-14)20(25)22-10-6-9-17-18(22)16(23)12-26-17/h3-5,7-8,13,15,17-18H,6,9-12H2,1-2H3,(H,21,24)/t15-,17-,18-/m0/s1. The normalized spacial score (nSPS) is 23.7. The maximum absolute atomic E-state index is 13.2. The molecule has 2 aliphatic rings. The first-order chi connectivity index (χ1) is 12.5. The zero-order chi connectivity index (χ0) is 18.7. The third-order valence-electron chi connectivity index (χ3n) is 4.97. The van der Waals surface area contributed by atoms with Gasteiger partial charge in [0.25, 0.3) is 5.91 Å². The highest BCUT2D eigenvalue weighted by molar-refractivity contribution is 5.99. The molecule has 2 saturated heterocycles. The highest BCUT2D eigenvalue weighted by Crippen LogP contribution is 2.27. The molecule has 0 unspecified atom stereocenters. The minimum absolute atomic E-state index is 0.0410. The number of nitrogens with zero attached hydrogens (tertiary/aromatic N) is 1. The lowest BCUT2D eigenvalue weighted by atomic mass is 9.95. The van der Waals surface area contributed by atoms with E-state index >= 15 is 0 Å². The Morgan fingerprint density at radius 3 is 2.69 bits per heavy atom. The summed E-state index contributed by atoms with van der Waals surface area (Å²) in [5.41, 5.74) is 0.519. The van der Waals surface area contributed by atoms with Crippen molar-refractivity contribution in [1.82, 2.24) is 10.2 Å². The van der Waals surface area contributed by atoms with Crippen LogP contribution in [0.3, 0.4) is 0 Å². The number of carbonyl (C=O) groups is 3. The van der Waals surface area contributed by atoms with E-state index in [1.165, 1.54) is 0 Å². The summed E-state index contributed by atoms with van der Waals surface area (Å²) in [5.74, 6) is -0.263. The van der Waals surface area contributed by atoms with E-state index in [4.69, 9.17) is 4.74 Å². The molecular formula is C20H26N2O4. The second-order valence-electron chi connectivity index (χ2n) is 7.46. The molecule has 2 aliphatic heterocycles. The van der Waals surface area contributed by atoms with Gasteiger partial charge in [0.15, 0.2) is 5.78 Å². The molecule has 0 aliphatic carbocycles. The summed E-state index contributed by atoms with van der Waals surface area (Å²) in [7, 11) is 0. The van der Waals surface area contributed by atoms with E-state index < -0.39 is 12.1 Å². The summed E-state index contributed by atoms with van der Waals surface area (Å²) < 4.78 is 5.53. The lowest BCUT2D eigenvalue weighted by Crippen LogP contribution is -2.58. The van der Waals surface area contributed by atoms with Gasteiger partial charge in [-0.1, -0.05) is 32.0 Å². The average molecular weight is 358 g/mol. The highest BCUT2D eigenvalue weighted by Gasteiger charge is 2.45. The number of likely N-dealkylation sites (tertiary alicyclic amines) is 1. The van der Waals surface area contributed by atoms with Crippen LogP contribution in [0.25, 0.3) is 0 Å². The van der Waals surface area contributed by atoms with Gasteiger partial charge in [0.2, 0.25) is 5.91 Å². The Morgan fingerprint density at radius 2 is 2.00 bits per heavy atom. The van der Waals surface area contributed by atoms with Crippen molar-refractivity contribution in [3.8, 4) is 0 Å². The van der Waals surface area contributed by atoms with Gasteiger partial charge in [-0.3, -0.25) is 14.4 Å². The molecule has 1 aromatic carbocycles. The minimum atomic E-state index is -0.644. The predicted molar refractivity (Wildman–Crippen MR) is 96.6 cm³/mol. The number of amides is 2. The zero-order valence-corrected chi connectivity index (χ0v) is 15.3. The number of nitrogens with one attached hydrogen (secondary N) is 1. The van der Waals surface area contributed by atoms with E-state index in [1.807, 2.05) is 19.9 Å². The van der Waals surface area contributed by atoms with Gasteiger partial charge in [0.05, 0.1) is 6.10 Å². The molecule has 1 N–H and O–H groups in total. The summed E-state index contributed by atoms with van der Waals surface area (Å²) in [6, 6.07) is 7.72. The largest absolute Gasteiger partial charge is 0.368 e. The molecule has 2 amide bonds. The van der Waals surface area contributed by atoms with Gasteiger partial charge in [-0.15, -0.1) is 0 Å². The molecule has 0 aromatic heterocycles. The Labute approximate surface area is 153 Å². The van der Waals surface area contributed by atoms with Gasteiger partial charge in [0.1, 0.15) is 18.7 Å². The molecule has 3 atom stereocenters. The Kier molecular flexibility index (Phi) is 5.71. The summed E-state index contributed by atoms with van der Waals surface area (Å²) in [6.45, 7) is 4.63. The SMILES string of the molecule is CC(C)C[C@H](NC(=O)c1ccccc1)C(=O)N1CCC[C@@H]2OCC(=O)[C@@H]21. The number of benzene rings is 1. The number of hydrogen-bond donors (Lipinski definition) is 1. The van der Waals surface area contributed by atoms with Crippen molar-refractivity contribution in [3.05, 3.63) is 35.9 Å². The van der Waals surface area contributed by atoms with E-state index in [-0.39, 0.29) is 36.2 Å². The first kappa shape index (κ1) is 18.6. The molecule has 6 nitrogen and oxygen atoms in total. The summed E-state index contributed by atoms with van der Waals surface area (Å²) in [4.78, 5) is 39.6. The monoisotopic (exact) mass is 358 g/mol. The van der Waals surface area contributed by atoms with Crippen molar-refractivity contribution >= 4 is 17.6 Å². The molecule has 2 fully saturated rings. The van der Waals surface area contributed by atoms with E-state index in [9.17, 15) is 14.4 Å². The molecule has 0 saturated carbocycles. The number of fused-ring (bicyclic) bond motifs is 1. The number of piperidine rings is 1. The molecule has 140 valence electrons. The first-order valence-corrected chi connectivity index (χ1v) is 9.28. The van der Waals surface area contributed by atoms with Gasteiger partial charge >= 0.3 is 0 Å². The number of hydrogen-bond acceptors (Lipinski definition) is 4. The quantitative estimate of drug-likeness (QED) is 0.871. The van der Waals surface area contributed by atoms with Crippen molar-refractivity contribution in [3.63, 3.8) is 0 Å². The topological polar surface area (TPSA) is 75.7 Å². The number of carbonyl (C=O) groups excluding carboxylic acids is 3. The number of Topliss-reactive ketones (excluding diaryl/α,β-unsaturated/α-hetero) is 1. The Hall–Kier alpha value is -2.21. The van der Waals surface area contributed by atoms with Crippen LogP contribution in [0.2, 0.25) is 0 Å². The number of ether oxygens (including phenoxy) is 1. The second-order valence-corrected chi connectivity index (χ2v) is 7.46. The molecule has 6 heteroatoms. The molecule has 0 bridgehead atoms. The average Bonchev–Trinajstić information content (AvgIpc) is 3.02. The van der Waals surface area contributed by atoms with Crippen LogP contribution >= 0.6 is 0 Å². The first-order valence-electron chi connectivity index (χ1n) is 9.28. The fourth-order valence-corrected chi connectivity index (χ4v) is 3.76. The van der Waals surface area contributed by atoms with Gasteiger partial charge in [0, 0.05) is 12.1 Å². The van der Waals surface area contributed by atoms with Crippen LogP contribution in [-0.4, -0.2) is 53.8 Å². The summed E-state index contributed by atoms with van der Waals surface area (Å²) in [5, 5.41) is 2.87. The second kappa shape index (κ2) is 7.99. The van der Waals surface area contributed by atoms with Gasteiger partial charge in [-0.25, -0.2) is 0 Å². The van der Waals surface area contributed by atoms with Crippen molar-refractivity contribution < 1.29 is 19.1 Å². The van der Waals surface area contributed by atoms with Crippen molar-refractivity contribution in [2.45, 2.75) is 51.3 Å². The van der Waals surface area contributed by atoms with E-state index in [0.29, 0.717) is 18.5 Å². The van der Waals surface area contributed by atoms with Gasteiger partial charge in [-0.2, -0.15) is 0 Å². The molecule has 1 aromatic rings. The Bertz CT molecular complexity index is 674. The van der Waals surface area contributed by atoms with E-state index in [1.54, 1.807) is 29.2 Å². The van der Waals surface area contributed by atoms with Crippen LogP contribution in [0.5, 0.6) is 0 Å². The number of ketones is 1. The molecule has 0 spiro atoms. The molecular weight excluding hydrogens is 332 g/mol. The number of rotatable bonds is 5. The highest BCUT2D eigenvalue weighted by atomic mass is 16.5. The van der Waals surface area contributed by atoms with Gasteiger partial charge < -0.3 is 15.0 Å². The van der Waals surface area contributed by atoms with Gasteiger partial charge in [-0.05, 0) is 37.3 Å².